The van der Waals surface area contributed by atoms with Crippen molar-refractivity contribution in [2.75, 3.05) is 37.8 Å². The normalized spacial score (nSPS) is 20.1. The van der Waals surface area contributed by atoms with Gasteiger partial charge in [-0.15, -0.1) is 0 Å². The van der Waals surface area contributed by atoms with Crippen molar-refractivity contribution >= 4 is 69.1 Å². The Hall–Kier alpha value is -0.648. The molecular formula is C37H63Li3N7O17P3S. The summed E-state index contributed by atoms with van der Waals surface area (Å²) in [7, 11) is -17.3. The molecule has 0 spiro atoms. The van der Waals surface area contributed by atoms with Crippen LogP contribution in [0.25, 0.3) is 11.2 Å². The Labute approximate surface area is 437 Å². The molecule has 0 radical (unpaired) electrons. The molecule has 0 aromatic carbocycles. The number of aliphatic hydroxyl groups is 2. The first kappa shape index (κ1) is 67.4. The number of anilines is 1. The third-order valence-corrected chi connectivity index (χ3v) is 14.2. The molecule has 2 aromatic rings. The predicted molar refractivity (Wildman–Crippen MR) is 231 cm³/mol. The molecular weight excluding hydrogens is 961 g/mol. The number of phosphoric ester groups is 3. The van der Waals surface area contributed by atoms with Crippen molar-refractivity contribution in [2.45, 2.75) is 148 Å². The Balaban J connectivity index is 0.0000150. The van der Waals surface area contributed by atoms with E-state index in [1.54, 1.807) is 0 Å². The quantitative estimate of drug-likeness (QED) is 0.0167. The number of ether oxygens (including phenoxy) is 1. The second-order valence-electron chi connectivity index (χ2n) is 16.2. The molecule has 0 aliphatic carbocycles. The van der Waals surface area contributed by atoms with Crippen LogP contribution in [0, 0.1) is 5.41 Å². The van der Waals surface area contributed by atoms with Crippen molar-refractivity contribution in [1.82, 2.24) is 30.2 Å². The zero-order valence-electron chi connectivity index (χ0n) is 39.9. The molecule has 0 bridgehead atoms. The van der Waals surface area contributed by atoms with Crippen LogP contribution in [0.2, 0.25) is 0 Å². The minimum absolute atomic E-state index is 0. The van der Waals surface area contributed by atoms with Crippen LogP contribution in [0.15, 0.2) is 12.7 Å². The molecule has 1 aliphatic rings. The summed E-state index contributed by atoms with van der Waals surface area (Å²) in [6.07, 6.45) is 8.99. The molecule has 7 N–H and O–H groups in total. The van der Waals surface area contributed by atoms with Crippen molar-refractivity contribution in [3.63, 3.8) is 0 Å². The van der Waals surface area contributed by atoms with Crippen molar-refractivity contribution < 1.29 is 137 Å². The molecule has 68 heavy (non-hydrogen) atoms. The number of phosphoric acid groups is 3. The Morgan fingerprint density at radius 1 is 0.882 bits per heavy atom. The van der Waals surface area contributed by atoms with Gasteiger partial charge in [0.05, 0.1) is 19.5 Å². The molecule has 0 saturated carbocycles. The second kappa shape index (κ2) is 33.2. The van der Waals surface area contributed by atoms with E-state index < -0.39 is 84.6 Å². The number of nitrogens with one attached hydrogen (secondary N) is 2. The molecule has 3 heterocycles. The smallest absolute Gasteiger partial charge is 0.756 e. The number of nitrogen functional groups attached to an aromatic ring is 1. The maximum absolute atomic E-state index is 12.6. The van der Waals surface area contributed by atoms with Crippen LogP contribution >= 0.6 is 35.2 Å². The van der Waals surface area contributed by atoms with Crippen LogP contribution in [-0.2, 0) is 50.7 Å². The maximum Gasteiger partial charge on any atom is 1.00 e. The molecule has 31 heteroatoms. The Morgan fingerprint density at radius 2 is 1.46 bits per heavy atom. The monoisotopic (exact) mass is 1020 g/mol. The van der Waals surface area contributed by atoms with Gasteiger partial charge in [-0.05, 0) is 6.42 Å². The average Bonchev–Trinajstić information content (AvgIpc) is 3.79. The standard InChI is InChI=1S/C37H66N7O17P3S.3Li/c1-4-5-6-7-8-9-10-11-12-13-14-15-16-17-28(46)65-21-20-39-27(45)18-19-40-35(49)32(48)37(2,3)23-58-64(55,56)61-63(53,54)57-22-26-31(60-62(50,51)52)30(47)36(59-26)44-25-43-29-33(38)41-24-42-34(29)44;;;/h24-26,30-32,36,47-48H,4-23H2,1-3H3,(H,39,45)(H,40,49)(H,53,54)(H,55,56)(H2,38,41,42)(H2,50,51,52);;;/q;3*+1/p-3/t26-,30-,31-,32+,36-;;;/m1.../s1/i28+1;;;. The number of aliphatic hydroxyl groups excluding tert-OH is 2. The Bertz CT molecular complexity index is 1980. The molecule has 3 unspecified atom stereocenters. The Kier molecular flexibility index (Phi) is 32.9. The van der Waals surface area contributed by atoms with E-state index in [2.05, 4.69) is 50.4 Å². The van der Waals surface area contributed by atoms with Crippen LogP contribution < -0.4 is 87.6 Å². The van der Waals surface area contributed by atoms with Gasteiger partial charge >= 0.3 is 56.6 Å². The number of unbranched alkanes of at least 4 members (excludes halogenated alkanes) is 12. The predicted octanol–water partition coefficient (Wildman–Crippen LogP) is -6.74. The van der Waals surface area contributed by atoms with Gasteiger partial charge in [-0.25, -0.2) is 19.3 Å². The number of nitrogens with two attached hydrogens (primary N) is 1. The number of hydrogen-bond donors (Lipinski definition) is 6. The van der Waals surface area contributed by atoms with Gasteiger partial charge in [0, 0.05) is 37.1 Å². The summed E-state index contributed by atoms with van der Waals surface area (Å²) in [5.41, 5.74) is 4.14. The van der Waals surface area contributed by atoms with Crippen LogP contribution in [0.4, 0.5) is 5.82 Å². The SMILES string of the molecule is CCCCCCCCCCCCCCC[13C](=O)SCCNC(=O)CCNC(=O)[C@H](O)C(C)(C)COP(=O)([O-])OP(=O)([O-])OC[C@H]1O[C@@H](n2cnc3c(N)ncnc32)[C@H](O)[C@@H]1OP(=O)([O-])O.[Li+].[Li+].[Li+]. The second-order valence-corrected chi connectivity index (χ2v) is 21.5. The van der Waals surface area contributed by atoms with Crippen LogP contribution in [0.3, 0.4) is 0 Å². The third kappa shape index (κ3) is 24.9. The summed E-state index contributed by atoms with van der Waals surface area (Å²) in [5.74, 6) is -1.11. The van der Waals surface area contributed by atoms with E-state index in [-0.39, 0.29) is 98.2 Å². The van der Waals surface area contributed by atoms with Crippen molar-refractivity contribution in [1.29, 1.82) is 0 Å². The van der Waals surface area contributed by atoms with Gasteiger partial charge in [-0.2, -0.15) is 0 Å². The molecule has 8 atom stereocenters. The summed E-state index contributed by atoms with van der Waals surface area (Å²) in [4.78, 5) is 94.8. The fourth-order valence-electron chi connectivity index (χ4n) is 6.64. The number of imidazole rings is 1. The number of nitrogens with zero attached hydrogens (tertiary/aromatic N) is 4. The van der Waals surface area contributed by atoms with Gasteiger partial charge in [0.15, 0.2) is 22.8 Å². The fraction of sp³-hybridized carbons (Fsp3) is 0.784. The number of carbonyl (C=O) groups excluding carboxylic acids is 3. The minimum Gasteiger partial charge on any atom is -0.756 e. The summed E-state index contributed by atoms with van der Waals surface area (Å²) < 4.78 is 61.1. The van der Waals surface area contributed by atoms with E-state index in [9.17, 15) is 57.9 Å². The average molecular weight is 1020 g/mol. The van der Waals surface area contributed by atoms with E-state index in [0.717, 1.165) is 48.2 Å². The summed E-state index contributed by atoms with van der Waals surface area (Å²) in [6, 6.07) is 0. The first-order valence-electron chi connectivity index (χ1n) is 21.5. The van der Waals surface area contributed by atoms with Gasteiger partial charge in [0.1, 0.15) is 36.3 Å². The third-order valence-electron chi connectivity index (χ3n) is 10.2. The number of rotatable bonds is 33. The molecule has 2 aromatic heterocycles. The topological polar surface area (TPSA) is 372 Å². The zero-order chi connectivity index (χ0) is 48.3. The van der Waals surface area contributed by atoms with E-state index >= 15 is 0 Å². The molecule has 1 fully saturated rings. The fourth-order valence-corrected chi connectivity index (χ4v) is 10.1. The number of thioether (sulfide) groups is 1. The first-order chi connectivity index (χ1) is 30.6. The van der Waals surface area contributed by atoms with Crippen LogP contribution in [0.5, 0.6) is 0 Å². The molecule has 24 nitrogen and oxygen atoms in total. The van der Waals surface area contributed by atoms with Gasteiger partial charge in [0.25, 0.3) is 23.5 Å². The van der Waals surface area contributed by atoms with E-state index in [1.807, 2.05) is 0 Å². The number of amides is 2. The van der Waals surface area contributed by atoms with Crippen molar-refractivity contribution in [2.24, 2.45) is 5.41 Å². The number of hydrogen-bond acceptors (Lipinski definition) is 21. The zero-order valence-corrected chi connectivity index (χ0v) is 43.4. The molecule has 1 aliphatic heterocycles. The van der Waals surface area contributed by atoms with Crippen molar-refractivity contribution in [3.05, 3.63) is 12.7 Å². The van der Waals surface area contributed by atoms with E-state index in [4.69, 9.17) is 10.5 Å². The van der Waals surface area contributed by atoms with Crippen LogP contribution in [-0.4, -0.2) is 108 Å². The number of carbonyl (C=O) groups is 3. The minimum atomic E-state index is -5.90. The summed E-state index contributed by atoms with van der Waals surface area (Å²) in [6.45, 7) is 2.46. The molecule has 2 amide bonds. The summed E-state index contributed by atoms with van der Waals surface area (Å²) >= 11 is 1.14. The van der Waals surface area contributed by atoms with Crippen LogP contribution in [0.1, 0.15) is 123 Å². The first-order valence-corrected chi connectivity index (χ1v) is 27.0. The largest absolute Gasteiger partial charge is 1.00 e. The Morgan fingerprint density at radius 3 is 2.04 bits per heavy atom. The molecule has 372 valence electrons. The van der Waals surface area contributed by atoms with E-state index in [1.165, 1.54) is 78.1 Å². The maximum atomic E-state index is 12.6. The van der Waals surface area contributed by atoms with Gasteiger partial charge in [-0.1, -0.05) is 110 Å². The summed E-state index contributed by atoms with van der Waals surface area (Å²) in [5, 5.41) is 26.5. The van der Waals surface area contributed by atoms with Gasteiger partial charge < -0.3 is 64.5 Å². The number of fused-ring (bicyclic) bond motifs is 1. The van der Waals surface area contributed by atoms with Gasteiger partial charge in [-0.3, -0.25) is 32.6 Å². The van der Waals surface area contributed by atoms with Gasteiger partial charge in [0.2, 0.25) is 11.8 Å². The number of aromatic nitrogens is 4. The van der Waals surface area contributed by atoms with Crippen molar-refractivity contribution in [3.8, 4) is 0 Å². The van der Waals surface area contributed by atoms with E-state index in [0.29, 0.717) is 12.2 Å². The molecule has 3 rings (SSSR count). The molecule has 1 saturated heterocycles.